The SMILES string of the molecule is CC(C)CCNCc1cc(O)c2c(c1Cl)CC1C[C@H]3CC(O)=C(C(N)=O)C(=O)[C@@]3(O)C(O)=C1C2=O. The number of nitrogens with two attached hydrogens (primary N) is 1. The predicted octanol–water partition coefficient (Wildman–Crippen LogP) is 2.37. The number of rotatable bonds is 6. The molecule has 35 heavy (non-hydrogen) atoms. The summed E-state index contributed by atoms with van der Waals surface area (Å²) in [6, 6.07) is 1.40. The fourth-order valence-corrected chi connectivity index (χ4v) is 5.76. The van der Waals surface area contributed by atoms with Crippen LogP contribution in [0.5, 0.6) is 5.75 Å². The molecule has 10 heteroatoms. The Hall–Kier alpha value is -2.88. The fraction of sp³-hybridized carbons (Fsp3) is 0.480. The second-order valence-corrected chi connectivity index (χ2v) is 10.4. The molecule has 1 amide bonds. The minimum absolute atomic E-state index is 0.0663. The third-order valence-electron chi connectivity index (χ3n) is 7.28. The molecule has 0 spiro atoms. The monoisotopic (exact) mass is 504 g/mol. The van der Waals surface area contributed by atoms with E-state index in [1.807, 2.05) is 0 Å². The number of phenolic OH excluding ortho intramolecular Hbond substituents is 1. The van der Waals surface area contributed by atoms with Gasteiger partial charge in [0.05, 0.1) is 5.56 Å². The molecule has 0 bridgehead atoms. The molecule has 3 aliphatic carbocycles. The first-order chi connectivity index (χ1) is 16.4. The Kier molecular flexibility index (Phi) is 6.46. The molecule has 0 saturated carbocycles. The van der Waals surface area contributed by atoms with E-state index < -0.39 is 52.0 Å². The van der Waals surface area contributed by atoms with E-state index in [9.17, 15) is 34.8 Å². The van der Waals surface area contributed by atoms with E-state index >= 15 is 0 Å². The summed E-state index contributed by atoms with van der Waals surface area (Å²) >= 11 is 6.65. The van der Waals surface area contributed by atoms with Gasteiger partial charge in [0.2, 0.25) is 5.78 Å². The molecule has 0 heterocycles. The average molecular weight is 505 g/mol. The van der Waals surface area contributed by atoms with Crippen molar-refractivity contribution in [2.24, 2.45) is 23.5 Å². The lowest BCUT2D eigenvalue weighted by Gasteiger charge is -2.45. The Bertz CT molecular complexity index is 1200. The minimum atomic E-state index is -2.57. The Morgan fingerprint density at radius 3 is 2.57 bits per heavy atom. The number of aliphatic hydroxyl groups excluding tert-OH is 2. The summed E-state index contributed by atoms with van der Waals surface area (Å²) in [5.74, 6) is -6.03. The van der Waals surface area contributed by atoms with Gasteiger partial charge in [-0.3, -0.25) is 14.4 Å². The van der Waals surface area contributed by atoms with Crippen LogP contribution in [0.1, 0.15) is 54.6 Å². The van der Waals surface area contributed by atoms with Crippen LogP contribution >= 0.6 is 11.6 Å². The van der Waals surface area contributed by atoms with Gasteiger partial charge in [-0.1, -0.05) is 25.4 Å². The number of hydrogen-bond donors (Lipinski definition) is 6. The minimum Gasteiger partial charge on any atom is -0.511 e. The Morgan fingerprint density at radius 2 is 1.94 bits per heavy atom. The number of Topliss-reactive ketones (excluding diaryl/α,β-unsaturated/α-hetero) is 2. The summed E-state index contributed by atoms with van der Waals surface area (Å²) in [4.78, 5) is 38.1. The number of primary amides is 1. The van der Waals surface area contributed by atoms with Gasteiger partial charge in [0, 0.05) is 29.5 Å². The van der Waals surface area contributed by atoms with Crippen LogP contribution in [0.4, 0.5) is 0 Å². The van der Waals surface area contributed by atoms with Gasteiger partial charge in [-0.2, -0.15) is 0 Å². The summed E-state index contributed by atoms with van der Waals surface area (Å²) in [5.41, 5.74) is 2.60. The zero-order chi connectivity index (χ0) is 25.8. The topological polar surface area (TPSA) is 170 Å². The van der Waals surface area contributed by atoms with Gasteiger partial charge < -0.3 is 31.5 Å². The quantitative estimate of drug-likeness (QED) is 0.253. The second-order valence-electron chi connectivity index (χ2n) is 9.99. The number of allylic oxidation sites excluding steroid dienone is 2. The Labute approximate surface area is 207 Å². The highest BCUT2D eigenvalue weighted by Gasteiger charge is 2.59. The lowest BCUT2D eigenvalue weighted by atomic mass is 9.60. The maximum atomic E-state index is 13.5. The van der Waals surface area contributed by atoms with E-state index in [0.717, 1.165) is 13.0 Å². The average Bonchev–Trinajstić information content (AvgIpc) is 2.76. The summed E-state index contributed by atoms with van der Waals surface area (Å²) in [7, 11) is 0. The number of hydrogen-bond acceptors (Lipinski definition) is 8. The molecule has 1 unspecified atom stereocenters. The molecule has 7 N–H and O–H groups in total. The van der Waals surface area contributed by atoms with Crippen LogP contribution < -0.4 is 11.1 Å². The van der Waals surface area contributed by atoms with Crippen LogP contribution in [0.3, 0.4) is 0 Å². The smallest absolute Gasteiger partial charge is 0.255 e. The molecule has 1 aromatic rings. The number of aromatic hydroxyl groups is 1. The van der Waals surface area contributed by atoms with Crippen molar-refractivity contribution in [1.29, 1.82) is 0 Å². The first-order valence-corrected chi connectivity index (χ1v) is 12.0. The second kappa shape index (κ2) is 8.96. The van der Waals surface area contributed by atoms with Crippen molar-refractivity contribution in [3.05, 3.63) is 50.4 Å². The Morgan fingerprint density at radius 1 is 1.26 bits per heavy atom. The standard InChI is InChI=1S/C25H29ClN2O7/c1-10(2)3-4-28-9-12-7-15(29)18-14(20(12)26)6-11-5-13-8-16(30)19(24(27)34)23(33)25(13,35)22(32)17(11)21(18)31/h7,10-11,13,28-30,32,35H,3-6,8-9H2,1-2H3,(H2,27,34)/t11?,13-,25-/m0/s1. The van der Waals surface area contributed by atoms with Crippen molar-refractivity contribution in [2.45, 2.75) is 51.7 Å². The maximum absolute atomic E-state index is 13.5. The molecule has 0 radical (unpaired) electrons. The number of aliphatic hydroxyl groups is 3. The van der Waals surface area contributed by atoms with Gasteiger partial charge in [-0.15, -0.1) is 0 Å². The number of benzene rings is 1. The number of nitrogens with one attached hydrogen (secondary N) is 1. The lowest BCUT2D eigenvalue weighted by molar-refractivity contribution is -0.144. The first kappa shape index (κ1) is 25.2. The third kappa shape index (κ3) is 3.91. The number of halogens is 1. The largest absolute Gasteiger partial charge is 0.511 e. The molecular weight excluding hydrogens is 476 g/mol. The normalized spacial score (nSPS) is 26.1. The van der Waals surface area contributed by atoms with E-state index in [1.54, 1.807) is 0 Å². The van der Waals surface area contributed by atoms with Crippen molar-refractivity contribution >= 4 is 29.1 Å². The number of ketones is 2. The molecule has 4 rings (SSSR count). The van der Waals surface area contributed by atoms with Crippen molar-refractivity contribution in [2.75, 3.05) is 6.54 Å². The fourth-order valence-electron chi connectivity index (χ4n) is 5.46. The highest BCUT2D eigenvalue weighted by Crippen LogP contribution is 2.52. The number of amides is 1. The number of carbonyl (C=O) groups excluding carboxylic acids is 3. The third-order valence-corrected chi connectivity index (χ3v) is 7.75. The molecule has 3 aliphatic rings. The summed E-state index contributed by atoms with van der Waals surface area (Å²) in [6.07, 6.45) is 0.940. The summed E-state index contributed by atoms with van der Waals surface area (Å²) in [5, 5.41) is 46.8. The van der Waals surface area contributed by atoms with Gasteiger partial charge in [0.1, 0.15) is 22.8 Å². The van der Waals surface area contributed by atoms with Gasteiger partial charge >= 0.3 is 0 Å². The van der Waals surface area contributed by atoms with Gasteiger partial charge in [-0.05, 0) is 54.8 Å². The zero-order valence-electron chi connectivity index (χ0n) is 19.5. The molecule has 9 nitrogen and oxygen atoms in total. The van der Waals surface area contributed by atoms with E-state index in [4.69, 9.17) is 17.3 Å². The van der Waals surface area contributed by atoms with Crippen LogP contribution in [0.2, 0.25) is 5.02 Å². The molecule has 188 valence electrons. The van der Waals surface area contributed by atoms with Crippen LogP contribution in [-0.4, -0.2) is 50.0 Å². The number of carbonyl (C=O) groups is 3. The van der Waals surface area contributed by atoms with Crippen LogP contribution in [-0.2, 0) is 22.6 Å². The predicted molar refractivity (Wildman–Crippen MR) is 127 cm³/mol. The van der Waals surface area contributed by atoms with Crippen molar-refractivity contribution < 1.29 is 34.8 Å². The van der Waals surface area contributed by atoms with Crippen LogP contribution in [0.25, 0.3) is 0 Å². The van der Waals surface area contributed by atoms with Crippen LogP contribution in [0.15, 0.2) is 28.7 Å². The Balaban J connectivity index is 1.74. The number of fused-ring (bicyclic) bond motifs is 3. The van der Waals surface area contributed by atoms with E-state index in [0.29, 0.717) is 28.6 Å². The summed E-state index contributed by atoms with van der Waals surface area (Å²) < 4.78 is 0. The molecule has 0 fully saturated rings. The first-order valence-electron chi connectivity index (χ1n) is 11.6. The van der Waals surface area contributed by atoms with Crippen molar-refractivity contribution in [3.8, 4) is 5.75 Å². The molecule has 0 aliphatic heterocycles. The lowest BCUT2D eigenvalue weighted by Crippen LogP contribution is -2.57. The van der Waals surface area contributed by atoms with E-state index in [2.05, 4.69) is 19.2 Å². The molecule has 0 aromatic heterocycles. The van der Waals surface area contributed by atoms with E-state index in [-0.39, 0.29) is 36.1 Å². The summed E-state index contributed by atoms with van der Waals surface area (Å²) in [6.45, 7) is 5.37. The van der Waals surface area contributed by atoms with Crippen molar-refractivity contribution in [1.82, 2.24) is 5.32 Å². The highest BCUT2D eigenvalue weighted by atomic mass is 35.5. The van der Waals surface area contributed by atoms with Crippen molar-refractivity contribution in [3.63, 3.8) is 0 Å². The molecular formula is C25H29ClN2O7. The van der Waals surface area contributed by atoms with Gasteiger partial charge in [0.25, 0.3) is 5.91 Å². The van der Waals surface area contributed by atoms with Gasteiger partial charge in [-0.25, -0.2) is 0 Å². The molecule has 1 aromatic carbocycles. The highest BCUT2D eigenvalue weighted by molar-refractivity contribution is 6.33. The van der Waals surface area contributed by atoms with E-state index in [1.165, 1.54) is 6.07 Å². The maximum Gasteiger partial charge on any atom is 0.255 e. The number of phenols is 1. The molecule has 3 atom stereocenters. The molecule has 0 saturated heterocycles. The van der Waals surface area contributed by atoms with Crippen LogP contribution in [0, 0.1) is 17.8 Å². The van der Waals surface area contributed by atoms with Gasteiger partial charge in [0.15, 0.2) is 11.4 Å². The zero-order valence-corrected chi connectivity index (χ0v) is 20.3.